The highest BCUT2D eigenvalue weighted by molar-refractivity contribution is 5.95. The van der Waals surface area contributed by atoms with E-state index in [0.29, 0.717) is 0 Å². The molecule has 1 heterocycles. The first kappa shape index (κ1) is 19.3. The highest BCUT2D eigenvalue weighted by atomic mass is 16.2. The Morgan fingerprint density at radius 2 is 1.17 bits per heavy atom. The number of aromatic nitrogens is 1. The van der Waals surface area contributed by atoms with Crippen LogP contribution in [0.4, 0.5) is 11.6 Å². The molecular formula is C18H32N4O. The lowest BCUT2D eigenvalue weighted by atomic mass is 10.2. The monoisotopic (exact) mass is 320 g/mol. The lowest BCUT2D eigenvalue weighted by Crippen LogP contribution is -2.32. The first-order chi connectivity index (χ1) is 11.1. The Bertz CT molecular complexity index is 462. The molecule has 1 rings (SSSR count). The van der Waals surface area contributed by atoms with Gasteiger partial charge in [0.2, 0.25) is 0 Å². The van der Waals surface area contributed by atoms with Gasteiger partial charge in [-0.1, -0.05) is 0 Å². The van der Waals surface area contributed by atoms with Gasteiger partial charge in [-0.05, 0) is 53.7 Å². The SMILES string of the molecule is CCN(CC)C(=O)c1cc(N(CC)CC)nc(N(CC)CC)c1. The summed E-state index contributed by atoms with van der Waals surface area (Å²) in [7, 11) is 0. The molecule has 0 aliphatic heterocycles. The van der Waals surface area contributed by atoms with Crippen molar-refractivity contribution in [3.63, 3.8) is 0 Å². The molecule has 0 radical (unpaired) electrons. The Kier molecular flexibility index (Phi) is 7.86. The zero-order valence-corrected chi connectivity index (χ0v) is 15.6. The van der Waals surface area contributed by atoms with Gasteiger partial charge >= 0.3 is 0 Å². The molecule has 0 saturated carbocycles. The molecule has 0 aliphatic carbocycles. The van der Waals surface area contributed by atoms with Crippen LogP contribution >= 0.6 is 0 Å². The van der Waals surface area contributed by atoms with Crippen LogP contribution in [0.15, 0.2) is 12.1 Å². The molecule has 0 saturated heterocycles. The largest absolute Gasteiger partial charge is 0.357 e. The van der Waals surface area contributed by atoms with E-state index in [1.807, 2.05) is 30.9 Å². The van der Waals surface area contributed by atoms with Crippen LogP contribution in [-0.4, -0.2) is 55.1 Å². The minimum atomic E-state index is 0.0826. The van der Waals surface area contributed by atoms with Crippen LogP contribution in [0.25, 0.3) is 0 Å². The third-order valence-electron chi connectivity index (χ3n) is 4.27. The average molecular weight is 320 g/mol. The standard InChI is InChI=1S/C18H32N4O/c1-7-20(8-2)16-13-15(18(23)22(11-5)12-6)14-17(19-16)21(9-3)10-4/h13-14H,7-12H2,1-6H3. The summed E-state index contributed by atoms with van der Waals surface area (Å²) >= 11 is 0. The summed E-state index contributed by atoms with van der Waals surface area (Å²) in [5.74, 6) is 1.85. The first-order valence-electron chi connectivity index (χ1n) is 8.87. The van der Waals surface area contributed by atoms with Crippen molar-refractivity contribution in [2.24, 2.45) is 0 Å². The Labute approximate surface area is 141 Å². The van der Waals surface area contributed by atoms with Crippen LogP contribution in [-0.2, 0) is 0 Å². The number of carbonyl (C=O) groups is 1. The summed E-state index contributed by atoms with van der Waals surface area (Å²) < 4.78 is 0. The van der Waals surface area contributed by atoms with Crippen LogP contribution in [0.2, 0.25) is 0 Å². The molecule has 0 atom stereocenters. The highest BCUT2D eigenvalue weighted by Crippen LogP contribution is 2.22. The van der Waals surface area contributed by atoms with Crippen molar-refractivity contribution in [1.29, 1.82) is 0 Å². The van der Waals surface area contributed by atoms with E-state index >= 15 is 0 Å². The molecule has 0 N–H and O–H groups in total. The van der Waals surface area contributed by atoms with Crippen molar-refractivity contribution in [2.75, 3.05) is 49.1 Å². The van der Waals surface area contributed by atoms with Gasteiger partial charge in [-0.3, -0.25) is 4.79 Å². The van der Waals surface area contributed by atoms with Crippen molar-refractivity contribution in [2.45, 2.75) is 41.5 Å². The van der Waals surface area contributed by atoms with Crippen molar-refractivity contribution < 1.29 is 4.79 Å². The second kappa shape index (κ2) is 9.38. The Balaban J connectivity index is 3.36. The van der Waals surface area contributed by atoms with Crippen molar-refractivity contribution in [1.82, 2.24) is 9.88 Å². The minimum Gasteiger partial charge on any atom is -0.357 e. The predicted molar refractivity (Wildman–Crippen MR) is 98.6 cm³/mol. The molecule has 0 spiro atoms. The number of hydrogen-bond acceptors (Lipinski definition) is 4. The van der Waals surface area contributed by atoms with Gasteiger partial charge in [0, 0.05) is 44.8 Å². The van der Waals surface area contributed by atoms with E-state index in [2.05, 4.69) is 37.5 Å². The summed E-state index contributed by atoms with van der Waals surface area (Å²) in [6, 6.07) is 3.86. The second-order valence-corrected chi connectivity index (χ2v) is 5.39. The topological polar surface area (TPSA) is 39.7 Å². The third kappa shape index (κ3) is 4.60. The number of nitrogens with zero attached hydrogens (tertiary/aromatic N) is 4. The van der Waals surface area contributed by atoms with Gasteiger partial charge in [0.25, 0.3) is 5.91 Å². The van der Waals surface area contributed by atoms with Crippen LogP contribution in [0.5, 0.6) is 0 Å². The molecule has 130 valence electrons. The van der Waals surface area contributed by atoms with E-state index in [-0.39, 0.29) is 5.91 Å². The van der Waals surface area contributed by atoms with Crippen molar-refractivity contribution in [3.05, 3.63) is 17.7 Å². The van der Waals surface area contributed by atoms with Gasteiger partial charge in [-0.15, -0.1) is 0 Å². The van der Waals surface area contributed by atoms with Crippen LogP contribution < -0.4 is 9.80 Å². The van der Waals surface area contributed by atoms with Gasteiger partial charge in [-0.2, -0.15) is 0 Å². The summed E-state index contributed by atoms with van der Waals surface area (Å²) in [4.78, 5) is 23.8. The van der Waals surface area contributed by atoms with Gasteiger partial charge in [0.05, 0.1) is 0 Å². The smallest absolute Gasteiger partial charge is 0.254 e. The van der Waals surface area contributed by atoms with E-state index < -0.39 is 0 Å². The van der Waals surface area contributed by atoms with E-state index in [9.17, 15) is 4.79 Å². The molecule has 5 nitrogen and oxygen atoms in total. The fourth-order valence-electron chi connectivity index (χ4n) is 2.74. The zero-order chi connectivity index (χ0) is 17.4. The molecule has 0 aliphatic rings. The van der Waals surface area contributed by atoms with Crippen LogP contribution in [0.1, 0.15) is 51.9 Å². The number of pyridine rings is 1. The van der Waals surface area contributed by atoms with Crippen molar-refractivity contribution in [3.8, 4) is 0 Å². The summed E-state index contributed by atoms with van der Waals surface area (Å²) in [5.41, 5.74) is 0.729. The molecule has 1 aromatic heterocycles. The number of carbonyl (C=O) groups excluding carboxylic acids is 1. The summed E-state index contributed by atoms with van der Waals surface area (Å²) in [6.07, 6.45) is 0. The highest BCUT2D eigenvalue weighted by Gasteiger charge is 2.18. The number of amides is 1. The second-order valence-electron chi connectivity index (χ2n) is 5.39. The Morgan fingerprint density at radius 3 is 1.48 bits per heavy atom. The number of rotatable bonds is 9. The van der Waals surface area contributed by atoms with Gasteiger partial charge in [-0.25, -0.2) is 4.98 Å². The molecule has 0 fully saturated rings. The average Bonchev–Trinajstić information content (AvgIpc) is 2.58. The third-order valence-corrected chi connectivity index (χ3v) is 4.27. The molecule has 23 heavy (non-hydrogen) atoms. The van der Waals surface area contributed by atoms with Crippen LogP contribution in [0, 0.1) is 0 Å². The predicted octanol–water partition coefficient (Wildman–Crippen LogP) is 3.26. The van der Waals surface area contributed by atoms with Crippen LogP contribution in [0.3, 0.4) is 0 Å². The molecule has 0 aromatic carbocycles. The lowest BCUT2D eigenvalue weighted by Gasteiger charge is -2.26. The van der Waals surface area contributed by atoms with Gasteiger partial charge in [0.15, 0.2) is 0 Å². The van der Waals surface area contributed by atoms with Gasteiger partial charge < -0.3 is 14.7 Å². The molecule has 5 heteroatoms. The fourth-order valence-corrected chi connectivity index (χ4v) is 2.74. The molecule has 1 aromatic rings. The Morgan fingerprint density at radius 1 is 0.783 bits per heavy atom. The molecule has 1 amide bonds. The van der Waals surface area contributed by atoms with E-state index in [0.717, 1.165) is 56.5 Å². The first-order valence-corrected chi connectivity index (χ1v) is 8.87. The zero-order valence-electron chi connectivity index (χ0n) is 15.6. The minimum absolute atomic E-state index is 0.0826. The molecular weight excluding hydrogens is 288 g/mol. The van der Waals surface area contributed by atoms with E-state index in [1.54, 1.807) is 0 Å². The Hall–Kier alpha value is -1.78. The maximum absolute atomic E-state index is 12.8. The quantitative estimate of drug-likeness (QED) is 0.700. The molecule has 0 bridgehead atoms. The summed E-state index contributed by atoms with van der Waals surface area (Å²) in [6.45, 7) is 17.4. The van der Waals surface area contributed by atoms with E-state index in [1.165, 1.54) is 0 Å². The summed E-state index contributed by atoms with van der Waals surface area (Å²) in [5, 5.41) is 0. The molecule has 0 unspecified atom stereocenters. The number of anilines is 2. The normalized spacial score (nSPS) is 10.5. The fraction of sp³-hybridized carbons (Fsp3) is 0.667. The van der Waals surface area contributed by atoms with E-state index in [4.69, 9.17) is 4.98 Å². The maximum atomic E-state index is 12.8. The number of hydrogen-bond donors (Lipinski definition) is 0. The van der Waals surface area contributed by atoms with Crippen molar-refractivity contribution >= 4 is 17.5 Å². The van der Waals surface area contributed by atoms with Gasteiger partial charge in [0.1, 0.15) is 11.6 Å². The maximum Gasteiger partial charge on any atom is 0.254 e. The lowest BCUT2D eigenvalue weighted by molar-refractivity contribution is 0.0773.